The van der Waals surface area contributed by atoms with Gasteiger partial charge >= 0.3 is 0 Å². The van der Waals surface area contributed by atoms with Gasteiger partial charge in [-0.3, -0.25) is 9.69 Å². The third kappa shape index (κ3) is 5.44. The van der Waals surface area contributed by atoms with E-state index in [0.29, 0.717) is 5.92 Å². The van der Waals surface area contributed by atoms with Crippen molar-refractivity contribution >= 4 is 40.9 Å². The summed E-state index contributed by atoms with van der Waals surface area (Å²) in [7, 11) is 1.96. The molecule has 0 unspecified atom stereocenters. The number of nitrogens with one attached hydrogen (secondary N) is 1. The minimum absolute atomic E-state index is 0.0950. The van der Waals surface area contributed by atoms with Gasteiger partial charge in [0.25, 0.3) is 0 Å². The molecule has 2 rings (SSSR count). The molecule has 9 heteroatoms. The smallest absolute Gasteiger partial charge is 0.237 e. The van der Waals surface area contributed by atoms with Gasteiger partial charge in [0.05, 0.1) is 28.9 Å². The molecule has 0 bridgehead atoms. The number of carbonyl (C=O) groups excluding carboxylic acids is 1. The van der Waals surface area contributed by atoms with Gasteiger partial charge in [-0.15, -0.1) is 35.0 Å². The quantitative estimate of drug-likeness (QED) is 0.519. The zero-order chi connectivity index (χ0) is 20.3. The lowest BCUT2D eigenvalue weighted by Gasteiger charge is -2.44. The first kappa shape index (κ1) is 23.5. The zero-order valence-electron chi connectivity index (χ0n) is 16.3. The fourth-order valence-electron chi connectivity index (χ4n) is 4.08. The molecule has 2 aliphatic rings. The SMILES string of the molecule is CCC[C@@H]1C[C@@H](C(=O)N[C@@H]([C@H]2O[C@H](SC)[C@H](O)[C@@H](O)[C@@H]2Cl)[C@H](C)Cl)N(C)C1. The molecule has 0 spiro atoms. The van der Waals surface area contributed by atoms with E-state index in [1.807, 2.05) is 7.05 Å². The molecule has 2 saturated heterocycles. The van der Waals surface area contributed by atoms with E-state index in [4.69, 9.17) is 27.9 Å². The summed E-state index contributed by atoms with van der Waals surface area (Å²) in [5.41, 5.74) is -0.627. The van der Waals surface area contributed by atoms with E-state index in [-0.39, 0.29) is 11.9 Å². The molecule has 0 saturated carbocycles. The summed E-state index contributed by atoms with van der Waals surface area (Å²) in [6, 6.07) is -0.777. The van der Waals surface area contributed by atoms with Crippen LogP contribution >= 0.6 is 35.0 Å². The van der Waals surface area contributed by atoms with Crippen molar-refractivity contribution in [3.63, 3.8) is 0 Å². The van der Waals surface area contributed by atoms with E-state index in [9.17, 15) is 15.0 Å². The Morgan fingerprint density at radius 2 is 2.07 bits per heavy atom. The lowest BCUT2D eigenvalue weighted by atomic mass is 9.95. The number of likely N-dealkylation sites (N-methyl/N-ethyl adjacent to an activating group) is 1. The van der Waals surface area contributed by atoms with Crippen molar-refractivity contribution in [3.05, 3.63) is 0 Å². The number of hydrogen-bond acceptors (Lipinski definition) is 6. The number of amides is 1. The molecule has 158 valence electrons. The van der Waals surface area contributed by atoms with Gasteiger partial charge in [0.1, 0.15) is 17.6 Å². The monoisotopic (exact) mass is 442 g/mol. The normalized spacial score (nSPS) is 39.9. The maximum atomic E-state index is 12.9. The number of halogens is 2. The Morgan fingerprint density at radius 1 is 1.41 bits per heavy atom. The third-order valence-corrected chi connectivity index (χ3v) is 7.22. The molecule has 0 aliphatic carbocycles. The molecular formula is C18H32Cl2N2O4S. The molecule has 0 radical (unpaired) electrons. The van der Waals surface area contributed by atoms with Crippen molar-refractivity contribution in [2.45, 2.75) is 79.7 Å². The second kappa shape index (κ2) is 10.3. The topological polar surface area (TPSA) is 82.0 Å². The van der Waals surface area contributed by atoms with Gasteiger partial charge in [-0.05, 0) is 39.0 Å². The van der Waals surface area contributed by atoms with Crippen LogP contribution < -0.4 is 5.32 Å². The fourth-order valence-corrected chi connectivity index (χ4v) is 5.33. The Balaban J connectivity index is 2.09. The molecule has 2 fully saturated rings. The van der Waals surface area contributed by atoms with Gasteiger partial charge in [-0.2, -0.15) is 0 Å². The first-order valence-corrected chi connectivity index (χ1v) is 11.7. The number of rotatable bonds is 7. The molecular weight excluding hydrogens is 411 g/mol. The van der Waals surface area contributed by atoms with E-state index in [0.717, 1.165) is 25.8 Å². The highest BCUT2D eigenvalue weighted by Crippen LogP contribution is 2.33. The number of hydrogen-bond donors (Lipinski definition) is 3. The number of aliphatic hydroxyl groups is 2. The third-order valence-electron chi connectivity index (χ3n) is 5.58. The summed E-state index contributed by atoms with van der Waals surface area (Å²) >= 11 is 14.0. The fraction of sp³-hybridized carbons (Fsp3) is 0.944. The standard InChI is InChI=1S/C18H32Cl2N2O4S/c1-5-6-10-7-11(22(3)8-10)17(25)21-13(9(2)19)16-12(20)14(23)15(24)18(26-16)27-4/h9-16,18,23-24H,5-8H2,1-4H3,(H,21,25)/t9-,10+,11-,12-,13+,14-,15+,16-,18+/m0/s1. The van der Waals surface area contributed by atoms with Crippen LogP contribution in [0, 0.1) is 5.92 Å². The van der Waals surface area contributed by atoms with Crippen molar-refractivity contribution in [1.82, 2.24) is 10.2 Å². The number of aliphatic hydroxyl groups excluding tert-OH is 2. The largest absolute Gasteiger partial charge is 0.389 e. The highest BCUT2D eigenvalue weighted by atomic mass is 35.5. The van der Waals surface area contributed by atoms with Gasteiger partial charge in [-0.25, -0.2) is 0 Å². The zero-order valence-corrected chi connectivity index (χ0v) is 18.7. The molecule has 0 aromatic heterocycles. The van der Waals surface area contributed by atoms with Crippen LogP contribution in [0.2, 0.25) is 0 Å². The van der Waals surface area contributed by atoms with Crippen LogP contribution in [0.5, 0.6) is 0 Å². The summed E-state index contributed by atoms with van der Waals surface area (Å²) in [6.45, 7) is 4.83. The van der Waals surface area contributed by atoms with Crippen LogP contribution in [-0.2, 0) is 9.53 Å². The Kier molecular flexibility index (Phi) is 8.99. The molecule has 0 aromatic carbocycles. The Hall–Kier alpha value is 0.240. The predicted molar refractivity (Wildman–Crippen MR) is 111 cm³/mol. The lowest BCUT2D eigenvalue weighted by Crippen LogP contribution is -2.63. The molecule has 2 heterocycles. The summed E-state index contributed by atoms with van der Waals surface area (Å²) < 4.78 is 5.91. The maximum absolute atomic E-state index is 12.9. The van der Waals surface area contributed by atoms with Gasteiger partial charge in [0.2, 0.25) is 5.91 Å². The Morgan fingerprint density at radius 3 is 2.63 bits per heavy atom. The van der Waals surface area contributed by atoms with Crippen LogP contribution in [0.3, 0.4) is 0 Å². The first-order chi connectivity index (χ1) is 12.7. The van der Waals surface area contributed by atoms with E-state index in [1.165, 1.54) is 11.8 Å². The van der Waals surface area contributed by atoms with E-state index >= 15 is 0 Å². The van der Waals surface area contributed by atoms with Crippen molar-refractivity contribution in [3.8, 4) is 0 Å². The summed E-state index contributed by atoms with van der Waals surface area (Å²) in [6.07, 6.45) is 1.89. The maximum Gasteiger partial charge on any atom is 0.237 e. The number of carbonyl (C=O) groups is 1. The second-order valence-corrected chi connectivity index (χ2v) is 9.82. The Labute approximate surface area is 176 Å². The average Bonchev–Trinajstić information content (AvgIpc) is 2.99. The number of nitrogens with zero attached hydrogens (tertiary/aromatic N) is 1. The van der Waals surface area contributed by atoms with Crippen LogP contribution in [0.15, 0.2) is 0 Å². The van der Waals surface area contributed by atoms with Crippen LogP contribution in [0.1, 0.15) is 33.1 Å². The number of thioether (sulfide) groups is 1. The number of alkyl halides is 2. The number of likely N-dealkylation sites (tertiary alicyclic amines) is 1. The van der Waals surface area contributed by atoms with Crippen molar-refractivity contribution in [1.29, 1.82) is 0 Å². The van der Waals surface area contributed by atoms with E-state index in [2.05, 4.69) is 17.1 Å². The van der Waals surface area contributed by atoms with Crippen molar-refractivity contribution < 1.29 is 19.7 Å². The first-order valence-electron chi connectivity index (χ1n) is 9.54. The molecule has 1 amide bonds. The minimum atomic E-state index is -1.15. The minimum Gasteiger partial charge on any atom is -0.389 e. The highest BCUT2D eigenvalue weighted by Gasteiger charge is 2.48. The van der Waals surface area contributed by atoms with Gasteiger partial charge < -0.3 is 20.3 Å². The summed E-state index contributed by atoms with van der Waals surface area (Å²) in [4.78, 5) is 15.0. The van der Waals surface area contributed by atoms with Crippen molar-refractivity contribution in [2.24, 2.45) is 5.92 Å². The molecule has 9 atom stereocenters. The van der Waals surface area contributed by atoms with Crippen molar-refractivity contribution in [2.75, 3.05) is 19.8 Å². The predicted octanol–water partition coefficient (Wildman–Crippen LogP) is 1.64. The highest BCUT2D eigenvalue weighted by molar-refractivity contribution is 7.99. The average molecular weight is 443 g/mol. The molecule has 0 aromatic rings. The second-order valence-electron chi connectivity index (χ2n) is 7.69. The summed E-state index contributed by atoms with van der Waals surface area (Å²) in [5, 5.41) is 22.1. The van der Waals surface area contributed by atoms with E-state index < -0.39 is 40.5 Å². The van der Waals surface area contributed by atoms with Crippen LogP contribution in [-0.4, -0.2) is 87.5 Å². The number of ether oxygens (including phenoxy) is 1. The Bertz CT molecular complexity index is 500. The van der Waals surface area contributed by atoms with Crippen LogP contribution in [0.25, 0.3) is 0 Å². The van der Waals surface area contributed by atoms with Gasteiger partial charge in [0.15, 0.2) is 0 Å². The summed E-state index contributed by atoms with van der Waals surface area (Å²) in [5.74, 6) is 0.426. The van der Waals surface area contributed by atoms with E-state index in [1.54, 1.807) is 13.2 Å². The van der Waals surface area contributed by atoms with Gasteiger partial charge in [-0.1, -0.05) is 13.3 Å². The van der Waals surface area contributed by atoms with Crippen LogP contribution in [0.4, 0.5) is 0 Å². The molecule has 6 nitrogen and oxygen atoms in total. The lowest BCUT2D eigenvalue weighted by molar-refractivity contribution is -0.145. The molecule has 2 aliphatic heterocycles. The molecule has 3 N–H and O–H groups in total. The molecule has 27 heavy (non-hydrogen) atoms. The van der Waals surface area contributed by atoms with Gasteiger partial charge in [0, 0.05) is 6.54 Å².